The second-order valence-corrected chi connectivity index (χ2v) is 7.31. The van der Waals surface area contributed by atoms with E-state index >= 15 is 0 Å². The van der Waals surface area contributed by atoms with E-state index in [9.17, 15) is 4.79 Å². The average Bonchev–Trinajstić information content (AvgIpc) is 2.66. The van der Waals surface area contributed by atoms with Crippen LogP contribution in [0.15, 0.2) is 5.16 Å². The molecule has 2 unspecified atom stereocenters. The molecule has 0 aromatic carbocycles. The van der Waals surface area contributed by atoms with Crippen molar-refractivity contribution >= 4 is 17.7 Å². The molecule has 2 heterocycles. The predicted molar refractivity (Wildman–Crippen MR) is 82.1 cm³/mol. The molecular formula is C14H24N4O2S. The maximum Gasteiger partial charge on any atom is 0.325 e. The van der Waals surface area contributed by atoms with E-state index in [4.69, 9.17) is 10.5 Å². The van der Waals surface area contributed by atoms with Crippen molar-refractivity contribution < 1.29 is 9.53 Å². The van der Waals surface area contributed by atoms with E-state index in [0.29, 0.717) is 6.42 Å². The number of thioether (sulfide) groups is 1. The summed E-state index contributed by atoms with van der Waals surface area (Å²) in [7, 11) is 1.36. The Hall–Kier alpha value is -1.08. The molecule has 7 heteroatoms. The third kappa shape index (κ3) is 3.97. The summed E-state index contributed by atoms with van der Waals surface area (Å²) in [4.78, 5) is 11.7. The number of methoxy groups -OCH3 is 1. The first-order valence-electron chi connectivity index (χ1n) is 7.40. The van der Waals surface area contributed by atoms with Crippen molar-refractivity contribution in [1.29, 1.82) is 0 Å². The van der Waals surface area contributed by atoms with Crippen LogP contribution in [-0.4, -0.2) is 38.6 Å². The highest BCUT2D eigenvalue weighted by Crippen LogP contribution is 2.29. The first-order chi connectivity index (χ1) is 9.94. The lowest BCUT2D eigenvalue weighted by Crippen LogP contribution is -2.47. The molecule has 0 radical (unpaired) electrons. The molecule has 0 aliphatic carbocycles. The summed E-state index contributed by atoms with van der Waals surface area (Å²) in [5.41, 5.74) is 5.06. The van der Waals surface area contributed by atoms with E-state index in [2.05, 4.69) is 21.7 Å². The molecule has 1 aliphatic rings. The normalized spacial score (nSPS) is 19.2. The Morgan fingerprint density at radius 2 is 2.24 bits per heavy atom. The molecular weight excluding hydrogens is 288 g/mol. The van der Waals surface area contributed by atoms with Crippen LogP contribution in [0.25, 0.3) is 0 Å². The minimum Gasteiger partial charge on any atom is -0.468 e. The van der Waals surface area contributed by atoms with E-state index in [-0.39, 0.29) is 11.2 Å². The Kier molecular flexibility index (Phi) is 5.27. The number of esters is 1. The summed E-state index contributed by atoms with van der Waals surface area (Å²) in [6, 6.07) is 0. The van der Waals surface area contributed by atoms with Gasteiger partial charge in [-0.15, -0.1) is 10.2 Å². The van der Waals surface area contributed by atoms with Crippen LogP contribution in [0.4, 0.5) is 0 Å². The van der Waals surface area contributed by atoms with Crippen LogP contribution in [0.3, 0.4) is 0 Å². The van der Waals surface area contributed by atoms with Crippen molar-refractivity contribution in [2.45, 2.75) is 68.4 Å². The third-order valence-electron chi connectivity index (χ3n) is 3.75. The fourth-order valence-electron chi connectivity index (χ4n) is 2.68. The van der Waals surface area contributed by atoms with Crippen LogP contribution in [0.1, 0.15) is 45.4 Å². The number of ether oxygens (including phenoxy) is 1. The van der Waals surface area contributed by atoms with E-state index in [1.165, 1.54) is 26.4 Å². The Bertz CT molecular complexity index is 501. The molecule has 21 heavy (non-hydrogen) atoms. The number of aromatic nitrogens is 3. The summed E-state index contributed by atoms with van der Waals surface area (Å²) >= 11 is 1.63. The van der Waals surface area contributed by atoms with Crippen molar-refractivity contribution in [2.75, 3.05) is 7.11 Å². The molecule has 0 spiro atoms. The maximum absolute atomic E-state index is 11.7. The highest BCUT2D eigenvalue weighted by atomic mass is 32.2. The zero-order chi connectivity index (χ0) is 15.5. The topological polar surface area (TPSA) is 83.0 Å². The van der Waals surface area contributed by atoms with Gasteiger partial charge in [-0.25, -0.2) is 0 Å². The number of aryl methyl sites for hydroxylation is 1. The van der Waals surface area contributed by atoms with E-state index in [1.807, 2.05) is 0 Å². The molecule has 2 N–H and O–H groups in total. The van der Waals surface area contributed by atoms with Gasteiger partial charge in [0.2, 0.25) is 0 Å². The number of nitrogens with zero attached hydrogens (tertiary/aromatic N) is 3. The number of hydrogen-bond donors (Lipinski definition) is 1. The van der Waals surface area contributed by atoms with Crippen molar-refractivity contribution in [3.63, 3.8) is 0 Å². The van der Waals surface area contributed by atoms with Gasteiger partial charge in [0.15, 0.2) is 5.16 Å². The first-order valence-corrected chi connectivity index (χ1v) is 8.28. The number of nitrogens with two attached hydrogens (primary N) is 1. The van der Waals surface area contributed by atoms with Crippen LogP contribution in [0, 0.1) is 0 Å². The van der Waals surface area contributed by atoms with Gasteiger partial charge in [0.05, 0.1) is 7.11 Å². The number of carbonyl (C=O) groups excluding carboxylic acids is 1. The van der Waals surface area contributed by atoms with Crippen molar-refractivity contribution in [3.8, 4) is 0 Å². The van der Waals surface area contributed by atoms with Gasteiger partial charge in [0, 0.05) is 18.2 Å². The van der Waals surface area contributed by atoms with Gasteiger partial charge in [0.25, 0.3) is 0 Å². The van der Waals surface area contributed by atoms with Gasteiger partial charge >= 0.3 is 5.97 Å². The van der Waals surface area contributed by atoms with Crippen LogP contribution in [0.5, 0.6) is 0 Å². The molecule has 0 bridgehead atoms. The smallest absolute Gasteiger partial charge is 0.325 e. The Balaban J connectivity index is 2.02. The van der Waals surface area contributed by atoms with Gasteiger partial charge in [0.1, 0.15) is 11.4 Å². The molecule has 1 aromatic rings. The summed E-state index contributed by atoms with van der Waals surface area (Å²) in [6.45, 7) is 4.74. The van der Waals surface area contributed by atoms with Gasteiger partial charge in [-0.3, -0.25) is 4.79 Å². The average molecular weight is 312 g/mol. The Morgan fingerprint density at radius 1 is 1.48 bits per heavy atom. The molecule has 6 nitrogen and oxygen atoms in total. The second kappa shape index (κ2) is 6.79. The zero-order valence-electron chi connectivity index (χ0n) is 13.0. The molecule has 2 rings (SSSR count). The number of rotatable bonds is 5. The van der Waals surface area contributed by atoms with E-state index in [0.717, 1.165) is 23.9 Å². The highest BCUT2D eigenvalue weighted by molar-refractivity contribution is 7.99. The second-order valence-electron chi connectivity index (χ2n) is 5.90. The fourth-order valence-corrected chi connectivity index (χ4v) is 3.88. The van der Waals surface area contributed by atoms with Crippen LogP contribution < -0.4 is 5.73 Å². The monoisotopic (exact) mass is 312 g/mol. The predicted octanol–water partition coefficient (Wildman–Crippen LogP) is 1.77. The number of carbonyl (C=O) groups is 1. The number of fused-ring (bicyclic) bond motifs is 1. The highest BCUT2D eigenvalue weighted by Gasteiger charge is 2.32. The lowest BCUT2D eigenvalue weighted by atomic mass is 9.98. The maximum atomic E-state index is 11.7. The molecule has 1 aromatic heterocycles. The van der Waals surface area contributed by atoms with Crippen molar-refractivity contribution in [3.05, 3.63) is 5.82 Å². The largest absolute Gasteiger partial charge is 0.468 e. The SMILES string of the molecule is COC(=O)C(C)(N)CC(C)Sc1nnc2n1CCCCC2. The summed E-state index contributed by atoms with van der Waals surface area (Å²) in [5.74, 6) is 0.695. The Labute approximate surface area is 129 Å². The van der Waals surface area contributed by atoms with E-state index < -0.39 is 5.54 Å². The summed E-state index contributed by atoms with van der Waals surface area (Å²) in [6.07, 6.45) is 5.13. The van der Waals surface area contributed by atoms with Gasteiger partial charge in [-0.1, -0.05) is 25.1 Å². The molecule has 118 valence electrons. The summed E-state index contributed by atoms with van der Waals surface area (Å²) in [5, 5.41) is 9.67. The van der Waals surface area contributed by atoms with E-state index in [1.54, 1.807) is 18.7 Å². The van der Waals surface area contributed by atoms with Gasteiger partial charge in [-0.2, -0.15) is 0 Å². The van der Waals surface area contributed by atoms with Gasteiger partial charge < -0.3 is 15.0 Å². The molecule has 0 saturated carbocycles. The molecule has 1 aliphatic heterocycles. The number of hydrogen-bond acceptors (Lipinski definition) is 6. The lowest BCUT2D eigenvalue weighted by molar-refractivity contribution is -0.146. The minimum absolute atomic E-state index is 0.163. The standard InChI is InChI=1S/C14H24N4O2S/c1-10(9-14(2,15)12(19)20-3)21-13-17-16-11-7-5-4-6-8-18(11)13/h10H,4-9,15H2,1-3H3. The Morgan fingerprint density at radius 3 is 2.95 bits per heavy atom. The quantitative estimate of drug-likeness (QED) is 0.659. The third-order valence-corrected chi connectivity index (χ3v) is 4.83. The van der Waals surface area contributed by atoms with Crippen LogP contribution >= 0.6 is 11.8 Å². The van der Waals surface area contributed by atoms with Crippen LogP contribution in [-0.2, 0) is 22.5 Å². The molecule has 0 saturated heterocycles. The zero-order valence-corrected chi connectivity index (χ0v) is 13.8. The minimum atomic E-state index is -0.969. The molecule has 2 atom stereocenters. The van der Waals surface area contributed by atoms with Gasteiger partial charge in [-0.05, 0) is 26.2 Å². The fraction of sp³-hybridized carbons (Fsp3) is 0.786. The molecule has 0 amide bonds. The summed E-state index contributed by atoms with van der Waals surface area (Å²) < 4.78 is 6.96. The lowest BCUT2D eigenvalue weighted by Gasteiger charge is -2.24. The van der Waals surface area contributed by atoms with Crippen molar-refractivity contribution in [2.24, 2.45) is 5.73 Å². The molecule has 0 fully saturated rings. The van der Waals surface area contributed by atoms with Crippen molar-refractivity contribution in [1.82, 2.24) is 14.8 Å². The van der Waals surface area contributed by atoms with Crippen LogP contribution in [0.2, 0.25) is 0 Å². The first kappa shape index (κ1) is 16.3.